The van der Waals surface area contributed by atoms with Crippen LogP contribution >= 0.6 is 11.6 Å². The van der Waals surface area contributed by atoms with Crippen LogP contribution < -0.4 is 5.32 Å². The quantitative estimate of drug-likeness (QED) is 0.721. The number of nitrogens with zero attached hydrogens (tertiary/aromatic N) is 1. The summed E-state index contributed by atoms with van der Waals surface area (Å²) in [6.45, 7) is 2.11. The molecule has 3 aromatic rings. The Balaban J connectivity index is 1.70. The van der Waals surface area contributed by atoms with Crippen molar-refractivity contribution in [1.82, 2.24) is 10.5 Å². The number of benzene rings is 1. The molecular weight excluding hydrogens is 344 g/mol. The number of rotatable bonds is 6. The molecule has 0 aliphatic heterocycles. The fourth-order valence-corrected chi connectivity index (χ4v) is 2.56. The molecule has 2 heterocycles. The number of furan rings is 1. The number of hydrogen-bond acceptors (Lipinski definition) is 5. The summed E-state index contributed by atoms with van der Waals surface area (Å²) < 4.78 is 15.9. The molecule has 0 saturated heterocycles. The van der Waals surface area contributed by atoms with E-state index in [-0.39, 0.29) is 18.1 Å². The van der Waals surface area contributed by atoms with E-state index in [9.17, 15) is 4.79 Å². The summed E-state index contributed by atoms with van der Waals surface area (Å²) in [5.41, 5.74) is 0.295. The normalized spacial score (nSPS) is 13.4. The molecule has 130 valence electrons. The van der Waals surface area contributed by atoms with E-state index >= 15 is 0 Å². The molecule has 0 spiro atoms. The minimum atomic E-state index is -0.728. The van der Waals surface area contributed by atoms with Gasteiger partial charge in [0.1, 0.15) is 5.60 Å². The second-order valence-corrected chi connectivity index (χ2v) is 6.12. The summed E-state index contributed by atoms with van der Waals surface area (Å²) in [5.74, 6) is 0.526. The van der Waals surface area contributed by atoms with Crippen molar-refractivity contribution in [2.24, 2.45) is 0 Å². The Morgan fingerprint density at radius 1 is 1.28 bits per heavy atom. The average molecular weight is 361 g/mol. The maximum absolute atomic E-state index is 12.3. The number of carbonyl (C=O) groups is 1. The topological polar surface area (TPSA) is 77.5 Å². The number of aromatic nitrogens is 1. The SMILES string of the molecule is COC(C)(CNC(=O)c1cc(-c2ccco2)on1)c1cccc(Cl)c1. The lowest BCUT2D eigenvalue weighted by Crippen LogP contribution is -2.40. The van der Waals surface area contributed by atoms with Crippen LogP contribution in [0.15, 0.2) is 57.7 Å². The number of nitrogens with one attached hydrogen (secondary N) is 1. The highest BCUT2D eigenvalue weighted by Gasteiger charge is 2.28. The second kappa shape index (κ2) is 7.13. The van der Waals surface area contributed by atoms with Gasteiger partial charge in [-0.1, -0.05) is 28.9 Å². The second-order valence-electron chi connectivity index (χ2n) is 5.68. The van der Waals surface area contributed by atoms with Crippen molar-refractivity contribution in [2.75, 3.05) is 13.7 Å². The molecule has 0 bridgehead atoms. The molecule has 1 amide bonds. The van der Waals surface area contributed by atoms with Crippen molar-refractivity contribution in [2.45, 2.75) is 12.5 Å². The third kappa shape index (κ3) is 3.75. The Morgan fingerprint density at radius 2 is 2.12 bits per heavy atom. The van der Waals surface area contributed by atoms with Gasteiger partial charge in [0.15, 0.2) is 11.5 Å². The van der Waals surface area contributed by atoms with Crippen molar-refractivity contribution in [3.63, 3.8) is 0 Å². The van der Waals surface area contributed by atoms with Gasteiger partial charge in [-0.25, -0.2) is 0 Å². The lowest BCUT2D eigenvalue weighted by atomic mass is 9.95. The Bertz CT molecular complexity index is 860. The lowest BCUT2D eigenvalue weighted by Gasteiger charge is -2.29. The highest BCUT2D eigenvalue weighted by Crippen LogP contribution is 2.26. The van der Waals surface area contributed by atoms with Gasteiger partial charge in [0.05, 0.1) is 12.8 Å². The maximum atomic E-state index is 12.3. The molecule has 3 rings (SSSR count). The lowest BCUT2D eigenvalue weighted by molar-refractivity contribution is 0.00308. The minimum absolute atomic E-state index is 0.163. The fourth-order valence-electron chi connectivity index (χ4n) is 2.37. The number of carbonyl (C=O) groups excluding carboxylic acids is 1. The Labute approximate surface area is 149 Å². The molecule has 0 radical (unpaired) electrons. The van der Waals surface area contributed by atoms with Gasteiger partial charge in [-0.05, 0) is 36.8 Å². The van der Waals surface area contributed by atoms with Gasteiger partial charge in [-0.2, -0.15) is 0 Å². The van der Waals surface area contributed by atoms with Crippen LogP contribution in [0.1, 0.15) is 23.0 Å². The smallest absolute Gasteiger partial charge is 0.273 e. The molecule has 1 aromatic carbocycles. The molecule has 6 nitrogen and oxygen atoms in total. The van der Waals surface area contributed by atoms with Crippen LogP contribution in [0.5, 0.6) is 0 Å². The van der Waals surface area contributed by atoms with Gasteiger partial charge in [0.2, 0.25) is 5.76 Å². The first-order valence-electron chi connectivity index (χ1n) is 7.62. The third-order valence-electron chi connectivity index (χ3n) is 3.98. The Morgan fingerprint density at radius 3 is 2.80 bits per heavy atom. The first-order chi connectivity index (χ1) is 12.0. The first kappa shape index (κ1) is 17.3. The van der Waals surface area contributed by atoms with E-state index in [2.05, 4.69) is 10.5 Å². The monoisotopic (exact) mass is 360 g/mol. The van der Waals surface area contributed by atoms with E-state index in [4.69, 9.17) is 25.3 Å². The van der Waals surface area contributed by atoms with Gasteiger partial charge in [-0.15, -0.1) is 0 Å². The van der Waals surface area contributed by atoms with E-state index in [0.717, 1.165) is 5.56 Å². The molecule has 1 unspecified atom stereocenters. The zero-order valence-corrected chi connectivity index (χ0v) is 14.5. The zero-order valence-electron chi connectivity index (χ0n) is 13.8. The zero-order chi connectivity index (χ0) is 17.9. The van der Waals surface area contributed by atoms with Gasteiger partial charge in [-0.3, -0.25) is 4.79 Å². The van der Waals surface area contributed by atoms with Crippen molar-refractivity contribution in [1.29, 1.82) is 0 Å². The minimum Gasteiger partial charge on any atom is -0.461 e. The molecule has 25 heavy (non-hydrogen) atoms. The maximum Gasteiger partial charge on any atom is 0.273 e. The predicted octanol–water partition coefficient (Wildman–Crippen LogP) is 3.88. The van der Waals surface area contributed by atoms with Gasteiger partial charge in [0, 0.05) is 18.2 Å². The van der Waals surface area contributed by atoms with Crippen LogP contribution in [0.3, 0.4) is 0 Å². The molecule has 0 aliphatic carbocycles. The fraction of sp³-hybridized carbons (Fsp3) is 0.222. The average Bonchev–Trinajstić information content (AvgIpc) is 3.30. The van der Waals surface area contributed by atoms with E-state index in [1.807, 2.05) is 25.1 Å². The van der Waals surface area contributed by atoms with E-state index in [0.29, 0.717) is 16.5 Å². The highest BCUT2D eigenvalue weighted by atomic mass is 35.5. The number of halogens is 1. The molecule has 0 aliphatic rings. The van der Waals surface area contributed by atoms with E-state index in [1.165, 1.54) is 12.3 Å². The predicted molar refractivity (Wildman–Crippen MR) is 92.4 cm³/mol. The first-order valence-corrected chi connectivity index (χ1v) is 7.99. The van der Waals surface area contributed by atoms with Crippen LogP contribution in [0.2, 0.25) is 5.02 Å². The molecule has 1 N–H and O–H groups in total. The van der Waals surface area contributed by atoms with E-state index < -0.39 is 5.60 Å². The van der Waals surface area contributed by atoms with Crippen LogP contribution in [-0.4, -0.2) is 24.7 Å². The summed E-state index contributed by atoms with van der Waals surface area (Å²) in [4.78, 5) is 12.3. The largest absolute Gasteiger partial charge is 0.461 e. The molecule has 2 aromatic heterocycles. The summed E-state index contributed by atoms with van der Waals surface area (Å²) >= 11 is 6.04. The summed E-state index contributed by atoms with van der Waals surface area (Å²) in [5, 5.41) is 7.19. The molecule has 0 fully saturated rings. The van der Waals surface area contributed by atoms with Crippen LogP contribution in [0.4, 0.5) is 0 Å². The molecular formula is C18H17ClN2O4. The number of hydrogen-bond donors (Lipinski definition) is 1. The van der Waals surface area contributed by atoms with Crippen molar-refractivity contribution in [3.05, 3.63) is 65.0 Å². The molecule has 1 atom stereocenters. The highest BCUT2D eigenvalue weighted by molar-refractivity contribution is 6.30. The Hall–Kier alpha value is -2.57. The Kier molecular flexibility index (Phi) is 4.92. The third-order valence-corrected chi connectivity index (χ3v) is 4.21. The van der Waals surface area contributed by atoms with Gasteiger partial charge >= 0.3 is 0 Å². The number of amides is 1. The number of methoxy groups -OCH3 is 1. The summed E-state index contributed by atoms with van der Waals surface area (Å²) in [7, 11) is 1.58. The van der Waals surface area contributed by atoms with Crippen molar-refractivity contribution >= 4 is 17.5 Å². The molecule has 0 saturated carbocycles. The van der Waals surface area contributed by atoms with E-state index in [1.54, 1.807) is 25.3 Å². The van der Waals surface area contributed by atoms with Gasteiger partial charge < -0.3 is 19.0 Å². The van der Waals surface area contributed by atoms with Crippen molar-refractivity contribution < 1.29 is 18.5 Å². The summed E-state index contributed by atoms with van der Waals surface area (Å²) in [6.07, 6.45) is 1.52. The molecule has 7 heteroatoms. The summed E-state index contributed by atoms with van der Waals surface area (Å²) in [6, 6.07) is 12.3. The van der Waals surface area contributed by atoms with Gasteiger partial charge in [0.25, 0.3) is 5.91 Å². The van der Waals surface area contributed by atoms with Crippen LogP contribution in [0, 0.1) is 0 Å². The van der Waals surface area contributed by atoms with Crippen molar-refractivity contribution in [3.8, 4) is 11.5 Å². The van der Waals surface area contributed by atoms with Crippen LogP contribution in [0.25, 0.3) is 11.5 Å². The van der Waals surface area contributed by atoms with Crippen LogP contribution in [-0.2, 0) is 10.3 Å². The number of ether oxygens (including phenoxy) is 1. The standard InChI is InChI=1S/C18H17ClN2O4/c1-18(23-2,12-5-3-6-13(19)9-12)11-20-17(22)14-10-16(25-21-14)15-7-4-8-24-15/h3-10H,11H2,1-2H3,(H,20,22).